The zero-order valence-corrected chi connectivity index (χ0v) is 9.85. The summed E-state index contributed by atoms with van der Waals surface area (Å²) in [6, 6.07) is 5.27. The maximum Gasteiger partial charge on any atom is 0.180 e. The molecular weight excluding hydrogens is 196 g/mol. The number of hydrogen-bond acceptors (Lipinski definition) is 2. The molecule has 0 fully saturated rings. The topological polar surface area (TPSA) is 34.1 Å². The molecule has 3 heteroatoms. The molecule has 0 aliphatic carbocycles. The third-order valence-electron chi connectivity index (χ3n) is 2.43. The molecule has 1 aromatic carbocycles. The number of benzene rings is 1. The predicted molar refractivity (Wildman–Crippen MR) is 58.2 cm³/mol. The molecule has 0 unspecified atom stereocenters. The highest BCUT2D eigenvalue weighted by molar-refractivity contribution is 7.92. The van der Waals surface area contributed by atoms with Crippen LogP contribution in [0.25, 0.3) is 0 Å². The lowest BCUT2D eigenvalue weighted by molar-refractivity contribution is 0.587. The Labute approximate surface area is 85.9 Å². The van der Waals surface area contributed by atoms with E-state index in [9.17, 15) is 8.42 Å². The Kier molecular flexibility index (Phi) is 3.00. The van der Waals surface area contributed by atoms with Crippen molar-refractivity contribution >= 4 is 9.84 Å². The van der Waals surface area contributed by atoms with Gasteiger partial charge in [0.2, 0.25) is 0 Å². The Hall–Kier alpha value is -0.830. The lowest BCUT2D eigenvalue weighted by atomic mass is 10.1. The molecule has 0 aliphatic rings. The second-order valence-electron chi connectivity index (χ2n) is 3.84. The minimum Gasteiger partial charge on any atom is -0.223 e. The van der Waals surface area contributed by atoms with Crippen molar-refractivity contribution in [2.24, 2.45) is 0 Å². The van der Waals surface area contributed by atoms with Crippen LogP contribution in [0.5, 0.6) is 0 Å². The SMILES string of the molecule is Cc1ccc(S(=O)(=O)C(C)C)cc1C. The number of aryl methyl sites for hydroxylation is 2. The molecule has 1 rings (SSSR count). The standard InChI is InChI=1S/C11H16O2S/c1-8(2)14(12,13)11-6-5-9(3)10(4)7-11/h5-8H,1-4H3. The Balaban J connectivity index is 3.29. The molecule has 0 radical (unpaired) electrons. The van der Waals surface area contributed by atoms with Crippen molar-refractivity contribution in [3.05, 3.63) is 29.3 Å². The molecule has 0 aliphatic heterocycles. The van der Waals surface area contributed by atoms with Crippen LogP contribution in [0.1, 0.15) is 25.0 Å². The van der Waals surface area contributed by atoms with Gasteiger partial charge in [-0.25, -0.2) is 8.42 Å². The van der Waals surface area contributed by atoms with Gasteiger partial charge in [-0.15, -0.1) is 0 Å². The van der Waals surface area contributed by atoms with Gasteiger partial charge >= 0.3 is 0 Å². The van der Waals surface area contributed by atoms with Gasteiger partial charge in [0.05, 0.1) is 10.1 Å². The second-order valence-corrected chi connectivity index (χ2v) is 6.34. The molecule has 0 spiro atoms. The average Bonchev–Trinajstić information content (AvgIpc) is 2.09. The van der Waals surface area contributed by atoms with E-state index in [1.807, 2.05) is 19.9 Å². The summed E-state index contributed by atoms with van der Waals surface area (Å²) in [5.41, 5.74) is 2.14. The van der Waals surface area contributed by atoms with Gasteiger partial charge in [-0.2, -0.15) is 0 Å². The van der Waals surface area contributed by atoms with Crippen molar-refractivity contribution in [2.45, 2.75) is 37.8 Å². The fourth-order valence-corrected chi connectivity index (χ4v) is 2.31. The third kappa shape index (κ3) is 1.98. The van der Waals surface area contributed by atoms with E-state index in [4.69, 9.17) is 0 Å². The fraction of sp³-hybridized carbons (Fsp3) is 0.455. The molecule has 0 aromatic heterocycles. The highest BCUT2D eigenvalue weighted by Crippen LogP contribution is 2.18. The first-order chi connectivity index (χ1) is 6.35. The monoisotopic (exact) mass is 212 g/mol. The average molecular weight is 212 g/mol. The predicted octanol–water partition coefficient (Wildman–Crippen LogP) is 2.49. The second kappa shape index (κ2) is 3.73. The highest BCUT2D eigenvalue weighted by Gasteiger charge is 2.18. The van der Waals surface area contributed by atoms with Crippen LogP contribution < -0.4 is 0 Å². The highest BCUT2D eigenvalue weighted by atomic mass is 32.2. The zero-order chi connectivity index (χ0) is 10.9. The molecule has 0 N–H and O–H groups in total. The summed E-state index contributed by atoms with van der Waals surface area (Å²) in [4.78, 5) is 0.426. The summed E-state index contributed by atoms with van der Waals surface area (Å²) in [5.74, 6) is 0. The van der Waals surface area contributed by atoms with Gasteiger partial charge in [0.1, 0.15) is 0 Å². The van der Waals surface area contributed by atoms with Gasteiger partial charge in [-0.1, -0.05) is 6.07 Å². The van der Waals surface area contributed by atoms with E-state index in [2.05, 4.69) is 0 Å². The van der Waals surface area contributed by atoms with E-state index in [-0.39, 0.29) is 5.25 Å². The molecular formula is C11H16O2S. The Morgan fingerprint density at radius 1 is 1.07 bits per heavy atom. The molecule has 14 heavy (non-hydrogen) atoms. The van der Waals surface area contributed by atoms with Crippen LogP contribution >= 0.6 is 0 Å². The minimum atomic E-state index is -3.12. The van der Waals surface area contributed by atoms with Gasteiger partial charge in [-0.05, 0) is 51.0 Å². The van der Waals surface area contributed by atoms with E-state index in [1.54, 1.807) is 26.0 Å². The molecule has 1 aromatic rings. The normalized spacial score (nSPS) is 12.1. The Bertz CT molecular complexity index is 431. The Morgan fingerprint density at radius 3 is 2.07 bits per heavy atom. The van der Waals surface area contributed by atoms with Gasteiger partial charge < -0.3 is 0 Å². The molecule has 78 valence electrons. The van der Waals surface area contributed by atoms with Crippen molar-refractivity contribution in [2.75, 3.05) is 0 Å². The van der Waals surface area contributed by atoms with E-state index in [0.717, 1.165) is 11.1 Å². The summed E-state index contributed by atoms with van der Waals surface area (Å²) in [7, 11) is -3.12. The van der Waals surface area contributed by atoms with Crippen LogP contribution in [0.4, 0.5) is 0 Å². The molecule has 0 amide bonds. The fourth-order valence-electron chi connectivity index (χ4n) is 1.16. The number of rotatable bonds is 2. The lowest BCUT2D eigenvalue weighted by Gasteiger charge is -2.09. The third-order valence-corrected chi connectivity index (χ3v) is 4.58. The van der Waals surface area contributed by atoms with Gasteiger partial charge in [0.15, 0.2) is 9.84 Å². The summed E-state index contributed by atoms with van der Waals surface area (Å²) < 4.78 is 23.6. The summed E-state index contributed by atoms with van der Waals surface area (Å²) in [6.45, 7) is 7.30. The molecule has 0 saturated carbocycles. The van der Waals surface area contributed by atoms with Crippen molar-refractivity contribution < 1.29 is 8.42 Å². The van der Waals surface area contributed by atoms with Crippen molar-refractivity contribution in [1.82, 2.24) is 0 Å². The van der Waals surface area contributed by atoms with Crippen LogP contribution in [-0.4, -0.2) is 13.7 Å². The van der Waals surface area contributed by atoms with Gasteiger partial charge in [-0.3, -0.25) is 0 Å². The molecule has 0 bridgehead atoms. The lowest BCUT2D eigenvalue weighted by Crippen LogP contribution is -2.14. The van der Waals surface area contributed by atoms with Crippen LogP contribution in [0, 0.1) is 13.8 Å². The largest absolute Gasteiger partial charge is 0.223 e. The first kappa shape index (κ1) is 11.2. The summed E-state index contributed by atoms with van der Waals surface area (Å²) in [6.07, 6.45) is 0. The van der Waals surface area contributed by atoms with Crippen molar-refractivity contribution in [3.8, 4) is 0 Å². The smallest absolute Gasteiger partial charge is 0.180 e. The van der Waals surface area contributed by atoms with Crippen LogP contribution in [0.2, 0.25) is 0 Å². The quantitative estimate of drug-likeness (QED) is 0.754. The van der Waals surface area contributed by atoms with E-state index < -0.39 is 9.84 Å². The Morgan fingerprint density at radius 2 is 1.64 bits per heavy atom. The summed E-state index contributed by atoms with van der Waals surface area (Å²) >= 11 is 0. The first-order valence-electron chi connectivity index (χ1n) is 4.67. The minimum absolute atomic E-state index is 0.357. The van der Waals surface area contributed by atoms with Crippen LogP contribution in [-0.2, 0) is 9.84 Å². The van der Waals surface area contributed by atoms with Crippen LogP contribution in [0.15, 0.2) is 23.1 Å². The maximum absolute atomic E-state index is 11.8. The zero-order valence-electron chi connectivity index (χ0n) is 9.03. The molecule has 0 saturated heterocycles. The first-order valence-corrected chi connectivity index (χ1v) is 6.21. The van der Waals surface area contributed by atoms with Crippen molar-refractivity contribution in [1.29, 1.82) is 0 Å². The van der Waals surface area contributed by atoms with E-state index in [1.165, 1.54) is 0 Å². The van der Waals surface area contributed by atoms with E-state index in [0.29, 0.717) is 4.90 Å². The molecule has 0 atom stereocenters. The molecule has 0 heterocycles. The van der Waals surface area contributed by atoms with Crippen molar-refractivity contribution in [3.63, 3.8) is 0 Å². The number of hydrogen-bond donors (Lipinski definition) is 0. The number of sulfone groups is 1. The van der Waals surface area contributed by atoms with E-state index >= 15 is 0 Å². The van der Waals surface area contributed by atoms with Crippen LogP contribution in [0.3, 0.4) is 0 Å². The summed E-state index contributed by atoms with van der Waals surface area (Å²) in [5, 5.41) is -0.357. The maximum atomic E-state index is 11.8. The van der Waals surface area contributed by atoms with Gasteiger partial charge in [0, 0.05) is 0 Å². The molecule has 2 nitrogen and oxygen atoms in total. The van der Waals surface area contributed by atoms with Gasteiger partial charge in [0.25, 0.3) is 0 Å².